The number of carbonyl (C=O) groups is 1. The molecular formula is C10H16N2O. The van der Waals surface area contributed by atoms with E-state index in [9.17, 15) is 4.79 Å². The third kappa shape index (κ3) is 1.26. The third-order valence-corrected chi connectivity index (χ3v) is 3.60. The molecule has 0 spiro atoms. The number of nitrogens with zero attached hydrogens (tertiary/aromatic N) is 1. The Morgan fingerprint density at radius 3 is 2.77 bits per heavy atom. The van der Waals surface area contributed by atoms with Gasteiger partial charge in [0.15, 0.2) is 0 Å². The highest BCUT2D eigenvalue weighted by Crippen LogP contribution is 2.34. The van der Waals surface area contributed by atoms with Crippen LogP contribution < -0.4 is 5.32 Å². The van der Waals surface area contributed by atoms with E-state index in [4.69, 9.17) is 0 Å². The van der Waals surface area contributed by atoms with Crippen molar-refractivity contribution in [3.63, 3.8) is 0 Å². The first-order valence-electron chi connectivity index (χ1n) is 5.37. The summed E-state index contributed by atoms with van der Waals surface area (Å²) in [6, 6.07) is 0.614. The fraction of sp³-hybridized carbons (Fsp3) is 0.900. The molecule has 0 aromatic carbocycles. The third-order valence-electron chi connectivity index (χ3n) is 3.60. The van der Waals surface area contributed by atoms with E-state index in [0.29, 0.717) is 17.9 Å². The van der Waals surface area contributed by atoms with Crippen LogP contribution in [-0.4, -0.2) is 36.5 Å². The molecule has 1 saturated carbocycles. The van der Waals surface area contributed by atoms with Gasteiger partial charge in [-0.15, -0.1) is 0 Å². The predicted octanol–water partition coefficient (Wildman–Crippen LogP) is 0.217. The van der Waals surface area contributed by atoms with Crippen molar-refractivity contribution >= 4 is 5.91 Å². The van der Waals surface area contributed by atoms with Crippen LogP contribution >= 0.6 is 0 Å². The zero-order valence-electron chi connectivity index (χ0n) is 7.83. The van der Waals surface area contributed by atoms with Crippen molar-refractivity contribution < 1.29 is 4.79 Å². The molecule has 2 saturated heterocycles. The molecule has 1 amide bonds. The highest BCUT2D eigenvalue weighted by Gasteiger charge is 2.41. The maximum Gasteiger partial charge on any atom is 0.225 e. The van der Waals surface area contributed by atoms with Gasteiger partial charge in [-0.05, 0) is 31.7 Å². The molecule has 0 aromatic heterocycles. The van der Waals surface area contributed by atoms with Crippen LogP contribution in [0.2, 0.25) is 0 Å². The lowest BCUT2D eigenvalue weighted by molar-refractivity contribution is -0.131. The van der Waals surface area contributed by atoms with Crippen molar-refractivity contribution in [2.45, 2.75) is 25.3 Å². The molecule has 2 unspecified atom stereocenters. The van der Waals surface area contributed by atoms with Gasteiger partial charge in [0.25, 0.3) is 0 Å². The fourth-order valence-electron chi connectivity index (χ4n) is 2.62. The van der Waals surface area contributed by atoms with Crippen LogP contribution in [0.25, 0.3) is 0 Å². The van der Waals surface area contributed by atoms with E-state index in [1.165, 1.54) is 6.42 Å². The molecule has 3 fully saturated rings. The first-order chi connectivity index (χ1) is 6.34. The largest absolute Gasteiger partial charge is 0.341 e. The minimum Gasteiger partial charge on any atom is -0.341 e. The Bertz CT molecular complexity index is 225. The Morgan fingerprint density at radius 1 is 1.23 bits per heavy atom. The summed E-state index contributed by atoms with van der Waals surface area (Å²) in [6.45, 7) is 3.15. The van der Waals surface area contributed by atoms with Crippen LogP contribution in [0.15, 0.2) is 0 Å². The van der Waals surface area contributed by atoms with Gasteiger partial charge in [0.05, 0.1) is 0 Å². The monoisotopic (exact) mass is 180 g/mol. The van der Waals surface area contributed by atoms with Gasteiger partial charge in [0.1, 0.15) is 0 Å². The second-order valence-electron chi connectivity index (χ2n) is 4.63. The molecule has 0 aromatic rings. The molecule has 3 aliphatic rings. The average molecular weight is 180 g/mol. The number of nitrogens with one attached hydrogen (secondary N) is 1. The lowest BCUT2D eigenvalue weighted by Gasteiger charge is -2.16. The van der Waals surface area contributed by atoms with Crippen molar-refractivity contribution in [3.8, 4) is 0 Å². The molecule has 0 radical (unpaired) electrons. The van der Waals surface area contributed by atoms with Crippen molar-refractivity contribution in [1.82, 2.24) is 10.2 Å². The number of carbonyl (C=O) groups excluding carboxylic acids is 1. The summed E-state index contributed by atoms with van der Waals surface area (Å²) < 4.78 is 0. The Morgan fingerprint density at radius 2 is 2.08 bits per heavy atom. The Kier molecular flexibility index (Phi) is 1.62. The predicted molar refractivity (Wildman–Crippen MR) is 49.2 cm³/mol. The topological polar surface area (TPSA) is 32.3 Å². The highest BCUT2D eigenvalue weighted by atomic mass is 16.2. The zero-order valence-corrected chi connectivity index (χ0v) is 7.83. The maximum atomic E-state index is 11.7. The van der Waals surface area contributed by atoms with Crippen molar-refractivity contribution in [3.05, 3.63) is 0 Å². The van der Waals surface area contributed by atoms with E-state index in [-0.39, 0.29) is 0 Å². The normalized spacial score (nSPS) is 38.0. The lowest BCUT2D eigenvalue weighted by Crippen LogP contribution is -2.34. The molecule has 72 valence electrons. The van der Waals surface area contributed by atoms with Crippen molar-refractivity contribution in [2.75, 3.05) is 19.6 Å². The summed E-state index contributed by atoms with van der Waals surface area (Å²) in [4.78, 5) is 13.8. The standard InChI is InChI=1S/C10H16N2O/c13-10(7-1-2-7)12-5-8-3-4-11-9(8)6-12/h7-9,11H,1-6H2. The van der Waals surface area contributed by atoms with Gasteiger partial charge >= 0.3 is 0 Å². The summed E-state index contributed by atoms with van der Waals surface area (Å²) in [5.74, 6) is 1.58. The van der Waals surface area contributed by atoms with Gasteiger partial charge in [0.2, 0.25) is 5.91 Å². The quantitative estimate of drug-likeness (QED) is 0.626. The van der Waals surface area contributed by atoms with Gasteiger partial charge in [-0.25, -0.2) is 0 Å². The summed E-state index contributed by atoms with van der Waals surface area (Å²) in [5, 5.41) is 3.47. The number of fused-ring (bicyclic) bond motifs is 1. The molecule has 3 rings (SSSR count). The minimum atomic E-state index is 0.402. The van der Waals surface area contributed by atoms with Gasteiger partial charge in [-0.2, -0.15) is 0 Å². The summed E-state index contributed by atoms with van der Waals surface area (Å²) in [5.41, 5.74) is 0. The number of hydrogen-bond donors (Lipinski definition) is 1. The smallest absolute Gasteiger partial charge is 0.225 e. The second-order valence-corrected chi connectivity index (χ2v) is 4.63. The highest BCUT2D eigenvalue weighted by molar-refractivity contribution is 5.81. The second kappa shape index (κ2) is 2.71. The van der Waals surface area contributed by atoms with Crippen molar-refractivity contribution in [2.24, 2.45) is 11.8 Å². The van der Waals surface area contributed by atoms with E-state index < -0.39 is 0 Å². The van der Waals surface area contributed by atoms with Crippen LogP contribution in [0.4, 0.5) is 0 Å². The maximum absolute atomic E-state index is 11.7. The molecule has 13 heavy (non-hydrogen) atoms. The first kappa shape index (κ1) is 7.80. The Labute approximate surface area is 78.5 Å². The number of rotatable bonds is 1. The molecule has 3 nitrogen and oxygen atoms in total. The number of amides is 1. The van der Waals surface area contributed by atoms with E-state index in [1.54, 1.807) is 0 Å². The lowest BCUT2D eigenvalue weighted by atomic mass is 10.1. The molecular weight excluding hydrogens is 164 g/mol. The summed E-state index contributed by atoms with van der Waals surface area (Å²) in [7, 11) is 0. The first-order valence-corrected chi connectivity index (χ1v) is 5.37. The Hall–Kier alpha value is -0.570. The molecule has 0 bridgehead atoms. The molecule has 1 aliphatic carbocycles. The van der Waals surface area contributed by atoms with E-state index in [1.807, 2.05) is 0 Å². The molecule has 3 heteroatoms. The van der Waals surface area contributed by atoms with Crippen molar-refractivity contribution in [1.29, 1.82) is 0 Å². The SMILES string of the molecule is O=C(C1CC1)N1CC2CCNC2C1. The molecule has 2 heterocycles. The van der Waals surface area contributed by atoms with E-state index in [2.05, 4.69) is 10.2 Å². The van der Waals surface area contributed by atoms with Gasteiger partial charge in [0, 0.05) is 25.0 Å². The van der Waals surface area contributed by atoms with E-state index >= 15 is 0 Å². The number of hydrogen-bond acceptors (Lipinski definition) is 2. The van der Waals surface area contributed by atoms with Gasteiger partial charge in [-0.1, -0.05) is 0 Å². The van der Waals surface area contributed by atoms with E-state index in [0.717, 1.165) is 38.4 Å². The van der Waals surface area contributed by atoms with Crippen LogP contribution in [0.1, 0.15) is 19.3 Å². The Balaban J connectivity index is 1.65. The van der Waals surface area contributed by atoms with Crippen LogP contribution in [-0.2, 0) is 4.79 Å². The van der Waals surface area contributed by atoms with Crippen LogP contribution in [0, 0.1) is 11.8 Å². The van der Waals surface area contributed by atoms with Crippen LogP contribution in [0.5, 0.6) is 0 Å². The fourth-order valence-corrected chi connectivity index (χ4v) is 2.62. The molecule has 2 atom stereocenters. The molecule has 2 aliphatic heterocycles. The minimum absolute atomic E-state index is 0.402. The number of likely N-dealkylation sites (tertiary alicyclic amines) is 1. The zero-order chi connectivity index (χ0) is 8.84. The van der Waals surface area contributed by atoms with Gasteiger partial charge in [-0.3, -0.25) is 4.79 Å². The average Bonchev–Trinajstić information content (AvgIpc) is 2.73. The van der Waals surface area contributed by atoms with Crippen LogP contribution in [0.3, 0.4) is 0 Å². The van der Waals surface area contributed by atoms with Gasteiger partial charge < -0.3 is 10.2 Å². The molecule has 1 N–H and O–H groups in total. The summed E-state index contributed by atoms with van der Waals surface area (Å²) in [6.07, 6.45) is 3.54. The summed E-state index contributed by atoms with van der Waals surface area (Å²) >= 11 is 0.